The molecule has 1 atom stereocenters. The molecule has 1 aromatic carbocycles. The summed E-state index contributed by atoms with van der Waals surface area (Å²) in [5.74, 6) is 0.218. The maximum atomic E-state index is 12.4. The van der Waals surface area contributed by atoms with Crippen molar-refractivity contribution in [3.05, 3.63) is 36.4 Å². The van der Waals surface area contributed by atoms with Crippen molar-refractivity contribution in [1.29, 1.82) is 0 Å². The fourth-order valence-electron chi connectivity index (χ4n) is 3.46. The van der Waals surface area contributed by atoms with E-state index in [1.54, 1.807) is 0 Å². The molecule has 1 fully saturated rings. The van der Waals surface area contributed by atoms with Gasteiger partial charge in [-0.1, -0.05) is 38.0 Å². The van der Waals surface area contributed by atoms with Gasteiger partial charge in [-0.15, -0.1) is 0 Å². The van der Waals surface area contributed by atoms with Gasteiger partial charge < -0.3 is 15.5 Å². The smallest absolute Gasteiger partial charge is 0.322 e. The van der Waals surface area contributed by atoms with Crippen LogP contribution in [0.25, 0.3) is 0 Å². The number of urea groups is 1. The van der Waals surface area contributed by atoms with Crippen molar-refractivity contribution >= 4 is 23.3 Å². The van der Waals surface area contributed by atoms with Crippen LogP contribution in [0.2, 0.25) is 0 Å². The van der Waals surface area contributed by atoms with Gasteiger partial charge in [-0.25, -0.2) is 4.79 Å². The Labute approximate surface area is 143 Å². The summed E-state index contributed by atoms with van der Waals surface area (Å²) in [6, 6.07) is 7.41. The zero-order valence-corrected chi connectivity index (χ0v) is 14.1. The molecule has 0 saturated heterocycles. The second-order valence-corrected chi connectivity index (χ2v) is 6.54. The van der Waals surface area contributed by atoms with Gasteiger partial charge in [-0.3, -0.25) is 4.79 Å². The van der Waals surface area contributed by atoms with Crippen LogP contribution < -0.4 is 10.6 Å². The van der Waals surface area contributed by atoms with Gasteiger partial charge in [0.25, 0.3) is 0 Å². The Hall–Kier alpha value is -2.30. The molecule has 0 bridgehead atoms. The van der Waals surface area contributed by atoms with Crippen LogP contribution in [0.1, 0.15) is 39.0 Å². The predicted octanol–water partition coefficient (Wildman–Crippen LogP) is 4.00. The first-order chi connectivity index (χ1) is 11.7. The van der Waals surface area contributed by atoms with Crippen LogP contribution in [0.3, 0.4) is 0 Å². The molecule has 1 aliphatic carbocycles. The Bertz CT molecular complexity index is 635. The summed E-state index contributed by atoms with van der Waals surface area (Å²) in [6.07, 6.45) is 9.21. The van der Waals surface area contributed by atoms with Crippen LogP contribution in [-0.4, -0.2) is 29.4 Å². The summed E-state index contributed by atoms with van der Waals surface area (Å²) in [5, 5.41) is 5.90. The SMILES string of the molecule is CC[C@H]1C=CCN1C(=O)Nc1cccc(NC(=O)C2CCCC2)c1. The largest absolute Gasteiger partial charge is 0.326 e. The zero-order valence-electron chi connectivity index (χ0n) is 14.1. The van der Waals surface area contributed by atoms with Gasteiger partial charge in [0.1, 0.15) is 0 Å². The van der Waals surface area contributed by atoms with E-state index in [1.807, 2.05) is 35.2 Å². The van der Waals surface area contributed by atoms with Crippen LogP contribution >= 0.6 is 0 Å². The molecule has 5 nitrogen and oxygen atoms in total. The molecule has 3 amide bonds. The number of carbonyl (C=O) groups is 2. The Morgan fingerprint density at radius 1 is 1.17 bits per heavy atom. The Kier molecular flexibility index (Phi) is 5.18. The number of hydrogen-bond acceptors (Lipinski definition) is 2. The number of nitrogens with zero attached hydrogens (tertiary/aromatic N) is 1. The highest BCUT2D eigenvalue weighted by Gasteiger charge is 2.24. The third-order valence-electron chi connectivity index (χ3n) is 4.85. The van der Waals surface area contributed by atoms with Crippen LogP contribution in [0.4, 0.5) is 16.2 Å². The molecule has 0 aromatic heterocycles. The lowest BCUT2D eigenvalue weighted by Gasteiger charge is -2.24. The minimum Gasteiger partial charge on any atom is -0.326 e. The molecular formula is C19H25N3O2. The van der Waals surface area contributed by atoms with E-state index in [9.17, 15) is 9.59 Å². The van der Waals surface area contributed by atoms with E-state index < -0.39 is 0 Å². The molecule has 1 heterocycles. The van der Waals surface area contributed by atoms with Crippen molar-refractivity contribution in [3.8, 4) is 0 Å². The summed E-state index contributed by atoms with van der Waals surface area (Å²) >= 11 is 0. The average molecular weight is 327 g/mol. The zero-order chi connectivity index (χ0) is 16.9. The molecular weight excluding hydrogens is 302 g/mol. The third-order valence-corrected chi connectivity index (χ3v) is 4.85. The van der Waals surface area contributed by atoms with E-state index >= 15 is 0 Å². The summed E-state index contributed by atoms with van der Waals surface area (Å²) < 4.78 is 0. The molecule has 1 aliphatic heterocycles. The van der Waals surface area contributed by atoms with Crippen molar-refractivity contribution in [1.82, 2.24) is 4.90 Å². The van der Waals surface area contributed by atoms with E-state index in [0.29, 0.717) is 12.2 Å². The molecule has 0 radical (unpaired) electrons. The van der Waals surface area contributed by atoms with E-state index in [0.717, 1.165) is 37.8 Å². The summed E-state index contributed by atoms with van der Waals surface area (Å²) in [6.45, 7) is 2.71. The topological polar surface area (TPSA) is 61.4 Å². The summed E-state index contributed by atoms with van der Waals surface area (Å²) in [7, 11) is 0. The Balaban J connectivity index is 1.60. The third kappa shape index (κ3) is 3.78. The summed E-state index contributed by atoms with van der Waals surface area (Å²) in [5.41, 5.74) is 1.43. The fraction of sp³-hybridized carbons (Fsp3) is 0.474. The maximum absolute atomic E-state index is 12.4. The predicted molar refractivity (Wildman–Crippen MR) is 96.0 cm³/mol. The standard InChI is InChI=1S/C19H25N3O2/c1-2-17-11-6-12-22(17)19(24)21-16-10-5-9-15(13-16)20-18(23)14-7-3-4-8-14/h5-6,9-11,13-14,17H,2-4,7-8,12H2,1H3,(H,20,23)(H,21,24)/t17-/m0/s1. The molecule has 0 spiro atoms. The lowest BCUT2D eigenvalue weighted by molar-refractivity contribution is -0.119. The molecule has 5 heteroatoms. The minimum atomic E-state index is -0.105. The first-order valence-electron chi connectivity index (χ1n) is 8.82. The first-order valence-corrected chi connectivity index (χ1v) is 8.82. The second-order valence-electron chi connectivity index (χ2n) is 6.54. The van der Waals surface area contributed by atoms with E-state index in [1.165, 1.54) is 0 Å². The fourth-order valence-corrected chi connectivity index (χ4v) is 3.46. The highest BCUT2D eigenvalue weighted by atomic mass is 16.2. The minimum absolute atomic E-state index is 0.0887. The monoisotopic (exact) mass is 327 g/mol. The molecule has 2 N–H and O–H groups in total. The second kappa shape index (κ2) is 7.51. The maximum Gasteiger partial charge on any atom is 0.322 e. The number of carbonyl (C=O) groups excluding carboxylic acids is 2. The van der Waals surface area contributed by atoms with Crippen LogP contribution in [0.5, 0.6) is 0 Å². The first kappa shape index (κ1) is 16.6. The van der Waals surface area contributed by atoms with E-state index in [2.05, 4.69) is 23.6 Å². The number of nitrogens with one attached hydrogen (secondary N) is 2. The quantitative estimate of drug-likeness (QED) is 0.821. The van der Waals surface area contributed by atoms with Crippen molar-refractivity contribution in [2.45, 2.75) is 45.1 Å². The van der Waals surface area contributed by atoms with Gasteiger partial charge in [0.05, 0.1) is 6.04 Å². The van der Waals surface area contributed by atoms with Crippen molar-refractivity contribution in [2.75, 3.05) is 17.2 Å². The molecule has 1 saturated carbocycles. The van der Waals surface area contributed by atoms with Crippen molar-refractivity contribution in [3.63, 3.8) is 0 Å². The molecule has 1 aromatic rings. The lowest BCUT2D eigenvalue weighted by atomic mass is 10.1. The van der Waals surface area contributed by atoms with Crippen LogP contribution in [-0.2, 0) is 4.79 Å². The average Bonchev–Trinajstić information content (AvgIpc) is 3.26. The number of rotatable bonds is 4. The van der Waals surface area contributed by atoms with Gasteiger partial charge >= 0.3 is 6.03 Å². The van der Waals surface area contributed by atoms with Crippen LogP contribution in [0.15, 0.2) is 36.4 Å². The lowest BCUT2D eigenvalue weighted by Crippen LogP contribution is -2.38. The molecule has 24 heavy (non-hydrogen) atoms. The summed E-state index contributed by atoms with van der Waals surface area (Å²) in [4.78, 5) is 26.4. The van der Waals surface area contributed by atoms with Crippen molar-refractivity contribution < 1.29 is 9.59 Å². The molecule has 128 valence electrons. The molecule has 2 aliphatic rings. The van der Waals surface area contributed by atoms with Crippen molar-refractivity contribution in [2.24, 2.45) is 5.92 Å². The Morgan fingerprint density at radius 2 is 1.88 bits per heavy atom. The van der Waals surface area contributed by atoms with Gasteiger partial charge in [0, 0.05) is 23.8 Å². The van der Waals surface area contributed by atoms with E-state index in [4.69, 9.17) is 0 Å². The van der Waals surface area contributed by atoms with Gasteiger partial charge in [0.2, 0.25) is 5.91 Å². The highest BCUT2D eigenvalue weighted by Crippen LogP contribution is 2.26. The normalized spacial score (nSPS) is 20.4. The Morgan fingerprint density at radius 3 is 2.58 bits per heavy atom. The van der Waals surface area contributed by atoms with Crippen LogP contribution in [0, 0.1) is 5.92 Å². The number of anilines is 2. The number of amides is 3. The van der Waals surface area contributed by atoms with Gasteiger partial charge in [0.15, 0.2) is 0 Å². The van der Waals surface area contributed by atoms with Gasteiger partial charge in [-0.2, -0.15) is 0 Å². The van der Waals surface area contributed by atoms with E-state index in [-0.39, 0.29) is 23.9 Å². The highest BCUT2D eigenvalue weighted by molar-refractivity contribution is 5.94. The van der Waals surface area contributed by atoms with Gasteiger partial charge in [-0.05, 0) is 37.5 Å². The number of benzene rings is 1. The molecule has 0 unspecified atom stereocenters. The number of hydrogen-bond donors (Lipinski definition) is 2. The molecule has 3 rings (SSSR count).